The van der Waals surface area contributed by atoms with E-state index in [1.165, 1.54) is 0 Å². The second-order valence-corrected chi connectivity index (χ2v) is 7.47. The predicted molar refractivity (Wildman–Crippen MR) is 117 cm³/mol. The summed E-state index contributed by atoms with van der Waals surface area (Å²) in [5, 5.41) is 7.84. The van der Waals surface area contributed by atoms with E-state index in [0.29, 0.717) is 17.4 Å². The van der Waals surface area contributed by atoms with Crippen molar-refractivity contribution < 1.29 is 0 Å². The number of nitrogens with one attached hydrogen (secondary N) is 1. The second kappa shape index (κ2) is 7.50. The molecule has 4 aromatic rings. The van der Waals surface area contributed by atoms with E-state index in [1.807, 2.05) is 54.2 Å². The van der Waals surface area contributed by atoms with Crippen molar-refractivity contribution in [1.29, 1.82) is 0 Å². The van der Waals surface area contributed by atoms with Crippen LogP contribution < -0.4 is 15.8 Å². The van der Waals surface area contributed by atoms with Crippen molar-refractivity contribution >= 4 is 29.3 Å². The summed E-state index contributed by atoms with van der Waals surface area (Å²) in [5.74, 6) is 0. The zero-order valence-electron chi connectivity index (χ0n) is 16.4. The molecule has 0 amide bonds. The molecule has 1 aliphatic heterocycles. The molecule has 0 saturated carbocycles. The molecule has 1 N–H and O–H groups in total. The Morgan fingerprint density at radius 1 is 1.17 bits per heavy atom. The van der Waals surface area contributed by atoms with E-state index >= 15 is 0 Å². The van der Waals surface area contributed by atoms with Crippen molar-refractivity contribution in [3.63, 3.8) is 0 Å². The SMILES string of the molecule is Cc1cc2cc(-c3cc(=O)n4cc(N5CCN[C@@H](C)C5)ccc4n3)ccn2n1.Cl. The van der Waals surface area contributed by atoms with Gasteiger partial charge in [0.1, 0.15) is 5.65 Å². The highest BCUT2D eigenvalue weighted by Gasteiger charge is 2.17. The standard InChI is InChI=1S/C21H22N6O.ClH/c1-14-9-18-10-16(5-7-27(18)24-14)19-11-21(28)26-13-17(3-4-20(26)23-19)25-8-6-22-15(2)12-25;/h3-5,7,9-11,13,15,22H,6,8,12H2,1-2H3;1H/t15-;/m0./s1. The zero-order valence-corrected chi connectivity index (χ0v) is 17.2. The van der Waals surface area contributed by atoms with Gasteiger partial charge in [0.15, 0.2) is 0 Å². The maximum Gasteiger partial charge on any atom is 0.258 e. The lowest BCUT2D eigenvalue weighted by Gasteiger charge is -2.33. The van der Waals surface area contributed by atoms with Gasteiger partial charge in [-0.3, -0.25) is 9.20 Å². The number of piperazine rings is 1. The Labute approximate surface area is 174 Å². The monoisotopic (exact) mass is 410 g/mol. The third-order valence-electron chi connectivity index (χ3n) is 5.26. The third kappa shape index (κ3) is 3.59. The van der Waals surface area contributed by atoms with E-state index in [1.54, 1.807) is 10.5 Å². The number of halogens is 1. The molecule has 0 radical (unpaired) electrons. The van der Waals surface area contributed by atoms with Gasteiger partial charge in [0, 0.05) is 49.7 Å². The number of hydrogen-bond donors (Lipinski definition) is 1. The Bertz CT molecular complexity index is 1250. The van der Waals surface area contributed by atoms with E-state index < -0.39 is 0 Å². The van der Waals surface area contributed by atoms with Crippen LogP contribution in [-0.2, 0) is 0 Å². The molecular weight excluding hydrogens is 388 g/mol. The lowest BCUT2D eigenvalue weighted by Crippen LogP contribution is -2.49. The summed E-state index contributed by atoms with van der Waals surface area (Å²) in [6.07, 6.45) is 3.80. The molecule has 29 heavy (non-hydrogen) atoms. The average molecular weight is 411 g/mol. The molecule has 8 heteroatoms. The van der Waals surface area contributed by atoms with Gasteiger partial charge in [-0.1, -0.05) is 0 Å². The van der Waals surface area contributed by atoms with Gasteiger partial charge in [0.2, 0.25) is 0 Å². The maximum absolute atomic E-state index is 12.8. The molecule has 0 aromatic carbocycles. The molecule has 0 bridgehead atoms. The van der Waals surface area contributed by atoms with Crippen LogP contribution in [0.25, 0.3) is 22.4 Å². The Morgan fingerprint density at radius 2 is 2.03 bits per heavy atom. The highest BCUT2D eigenvalue weighted by Crippen LogP contribution is 2.21. The molecule has 150 valence electrons. The van der Waals surface area contributed by atoms with Gasteiger partial charge in [-0.15, -0.1) is 12.4 Å². The van der Waals surface area contributed by atoms with Crippen LogP contribution in [-0.4, -0.2) is 44.7 Å². The highest BCUT2D eigenvalue weighted by molar-refractivity contribution is 5.85. The number of fused-ring (bicyclic) bond motifs is 2. The number of anilines is 1. The van der Waals surface area contributed by atoms with Crippen LogP contribution in [0.3, 0.4) is 0 Å². The van der Waals surface area contributed by atoms with Crippen LogP contribution in [0.15, 0.2) is 53.6 Å². The molecule has 1 saturated heterocycles. The van der Waals surface area contributed by atoms with Gasteiger partial charge in [0.25, 0.3) is 5.56 Å². The maximum atomic E-state index is 12.8. The number of aryl methyl sites for hydroxylation is 1. The smallest absolute Gasteiger partial charge is 0.258 e. The number of pyridine rings is 2. The molecule has 5 rings (SSSR count). The molecule has 0 aliphatic carbocycles. The first-order valence-corrected chi connectivity index (χ1v) is 9.55. The summed E-state index contributed by atoms with van der Waals surface area (Å²) >= 11 is 0. The Hall–Kier alpha value is -2.90. The van der Waals surface area contributed by atoms with Crippen LogP contribution in [0, 0.1) is 6.92 Å². The molecule has 0 unspecified atom stereocenters. The van der Waals surface area contributed by atoms with Crippen molar-refractivity contribution in [2.45, 2.75) is 19.9 Å². The first kappa shape index (κ1) is 19.4. The molecular formula is C21H23ClN6O. The van der Waals surface area contributed by atoms with Crippen molar-refractivity contribution in [2.75, 3.05) is 24.5 Å². The molecule has 0 spiro atoms. The predicted octanol–water partition coefficient (Wildman–Crippen LogP) is 2.54. The third-order valence-corrected chi connectivity index (χ3v) is 5.26. The molecule has 1 aliphatic rings. The number of aromatic nitrogens is 4. The topological polar surface area (TPSA) is 66.9 Å². The van der Waals surface area contributed by atoms with E-state index in [9.17, 15) is 4.79 Å². The van der Waals surface area contributed by atoms with Gasteiger partial charge in [-0.2, -0.15) is 5.10 Å². The summed E-state index contributed by atoms with van der Waals surface area (Å²) in [4.78, 5) is 19.8. The minimum atomic E-state index is -0.0744. The summed E-state index contributed by atoms with van der Waals surface area (Å²) in [5.41, 5.74) is 5.16. The van der Waals surface area contributed by atoms with Gasteiger partial charge in [-0.05, 0) is 44.2 Å². The summed E-state index contributed by atoms with van der Waals surface area (Å²) in [6.45, 7) is 6.94. The molecule has 4 aromatic heterocycles. The van der Waals surface area contributed by atoms with Gasteiger partial charge in [-0.25, -0.2) is 9.50 Å². The first-order valence-electron chi connectivity index (χ1n) is 9.55. The van der Waals surface area contributed by atoms with Crippen molar-refractivity contribution in [2.24, 2.45) is 0 Å². The Kier molecular flexibility index (Phi) is 5.02. The first-order chi connectivity index (χ1) is 13.6. The van der Waals surface area contributed by atoms with Crippen molar-refractivity contribution in [3.05, 3.63) is 64.8 Å². The van der Waals surface area contributed by atoms with E-state index in [0.717, 1.165) is 42.1 Å². The number of hydrogen-bond acceptors (Lipinski definition) is 5. The van der Waals surface area contributed by atoms with Crippen LogP contribution >= 0.6 is 12.4 Å². The van der Waals surface area contributed by atoms with Crippen LogP contribution in [0.1, 0.15) is 12.6 Å². The van der Waals surface area contributed by atoms with E-state index in [-0.39, 0.29) is 18.0 Å². The van der Waals surface area contributed by atoms with Crippen LogP contribution in [0.4, 0.5) is 5.69 Å². The van der Waals surface area contributed by atoms with Crippen molar-refractivity contribution in [3.8, 4) is 11.3 Å². The van der Waals surface area contributed by atoms with Gasteiger partial charge < -0.3 is 10.2 Å². The fourth-order valence-corrected chi connectivity index (χ4v) is 3.87. The molecule has 1 fully saturated rings. The van der Waals surface area contributed by atoms with Crippen LogP contribution in [0.5, 0.6) is 0 Å². The Balaban J connectivity index is 0.00000205. The van der Waals surface area contributed by atoms with Crippen LogP contribution in [0.2, 0.25) is 0 Å². The summed E-state index contributed by atoms with van der Waals surface area (Å²) in [6, 6.07) is 12.0. The summed E-state index contributed by atoms with van der Waals surface area (Å²) in [7, 11) is 0. The molecule has 5 heterocycles. The lowest BCUT2D eigenvalue weighted by molar-refractivity contribution is 0.484. The minimum absolute atomic E-state index is 0. The summed E-state index contributed by atoms with van der Waals surface area (Å²) < 4.78 is 3.46. The second-order valence-electron chi connectivity index (χ2n) is 7.47. The van der Waals surface area contributed by atoms with E-state index in [2.05, 4.69) is 22.2 Å². The zero-order chi connectivity index (χ0) is 19.3. The quantitative estimate of drug-likeness (QED) is 0.550. The fourth-order valence-electron chi connectivity index (χ4n) is 3.87. The Morgan fingerprint density at radius 3 is 2.86 bits per heavy atom. The number of nitrogens with zero attached hydrogens (tertiary/aromatic N) is 5. The average Bonchev–Trinajstić information content (AvgIpc) is 3.07. The highest BCUT2D eigenvalue weighted by atomic mass is 35.5. The molecule has 1 atom stereocenters. The van der Waals surface area contributed by atoms with Gasteiger partial charge in [0.05, 0.1) is 22.6 Å². The normalized spacial score (nSPS) is 16.9. The lowest BCUT2D eigenvalue weighted by atomic mass is 10.1. The molecule has 7 nitrogen and oxygen atoms in total. The largest absolute Gasteiger partial charge is 0.368 e. The van der Waals surface area contributed by atoms with Gasteiger partial charge >= 0.3 is 0 Å². The van der Waals surface area contributed by atoms with E-state index in [4.69, 9.17) is 4.98 Å². The minimum Gasteiger partial charge on any atom is -0.368 e. The fraction of sp³-hybridized carbons (Fsp3) is 0.286. The number of rotatable bonds is 2. The van der Waals surface area contributed by atoms with Crippen molar-refractivity contribution in [1.82, 2.24) is 24.3 Å².